The molecule has 21 heavy (non-hydrogen) atoms. The van der Waals surface area contributed by atoms with Crippen molar-refractivity contribution in [2.24, 2.45) is 5.73 Å². The molecule has 0 spiro atoms. The molecule has 0 saturated heterocycles. The number of rotatable bonds is 2. The van der Waals surface area contributed by atoms with E-state index in [1.807, 2.05) is 0 Å². The van der Waals surface area contributed by atoms with Gasteiger partial charge in [-0.05, 0) is 35.4 Å². The molecular weight excluding hydrogens is 344 g/mol. The Labute approximate surface area is 126 Å². The molecule has 0 amide bonds. The third-order valence-electron chi connectivity index (χ3n) is 3.21. The van der Waals surface area contributed by atoms with E-state index in [1.165, 1.54) is 12.1 Å². The highest BCUT2D eigenvalue weighted by molar-refractivity contribution is 9.10. The van der Waals surface area contributed by atoms with Crippen LogP contribution in [-0.2, 0) is 0 Å². The number of benzene rings is 2. The molecule has 0 fully saturated rings. The number of aromatic nitrogens is 2. The van der Waals surface area contributed by atoms with Gasteiger partial charge in [0.1, 0.15) is 11.6 Å². The summed E-state index contributed by atoms with van der Waals surface area (Å²) in [5, 5.41) is 0. The second-order valence-corrected chi connectivity index (χ2v) is 5.53. The molecular formula is C14H10BrF2N3O. The summed E-state index contributed by atoms with van der Waals surface area (Å²) < 4.78 is 27.2. The van der Waals surface area contributed by atoms with Gasteiger partial charge in [0.05, 0.1) is 17.1 Å². The van der Waals surface area contributed by atoms with Crippen LogP contribution in [0.5, 0.6) is 0 Å². The van der Waals surface area contributed by atoms with Crippen molar-refractivity contribution in [2.45, 2.75) is 6.04 Å². The third kappa shape index (κ3) is 2.62. The van der Waals surface area contributed by atoms with Gasteiger partial charge >= 0.3 is 5.69 Å². The predicted molar refractivity (Wildman–Crippen MR) is 79.0 cm³/mol. The Morgan fingerprint density at radius 3 is 2.19 bits per heavy atom. The lowest BCUT2D eigenvalue weighted by Crippen LogP contribution is -2.13. The Hall–Kier alpha value is -1.99. The van der Waals surface area contributed by atoms with Gasteiger partial charge in [0.25, 0.3) is 0 Å². The SMILES string of the molecule is NC(c1cc(F)cc(F)c1)c1cc2[nH]c(=O)[nH]c2cc1Br. The molecule has 4 N–H and O–H groups in total. The van der Waals surface area contributed by atoms with Crippen LogP contribution >= 0.6 is 15.9 Å². The number of nitrogens with one attached hydrogen (secondary N) is 2. The molecule has 0 radical (unpaired) electrons. The number of fused-ring (bicyclic) bond motifs is 1. The van der Waals surface area contributed by atoms with E-state index in [-0.39, 0.29) is 5.69 Å². The molecule has 1 aromatic heterocycles. The van der Waals surface area contributed by atoms with Crippen LogP contribution in [0.3, 0.4) is 0 Å². The van der Waals surface area contributed by atoms with E-state index >= 15 is 0 Å². The molecule has 1 heterocycles. The van der Waals surface area contributed by atoms with E-state index in [9.17, 15) is 13.6 Å². The Balaban J connectivity index is 2.13. The number of H-pyrrole nitrogens is 2. The second-order valence-electron chi connectivity index (χ2n) is 4.68. The van der Waals surface area contributed by atoms with E-state index in [0.717, 1.165) is 6.07 Å². The predicted octanol–water partition coefficient (Wildman–Crippen LogP) is 2.95. The normalized spacial score (nSPS) is 12.8. The van der Waals surface area contributed by atoms with Crippen LogP contribution in [0.1, 0.15) is 17.2 Å². The van der Waals surface area contributed by atoms with E-state index < -0.39 is 17.7 Å². The van der Waals surface area contributed by atoms with Gasteiger partial charge in [-0.25, -0.2) is 13.6 Å². The standard InChI is InChI=1S/C14H10BrF2N3O/c15-10-5-12-11(19-14(21)20-12)4-9(10)13(18)6-1-7(16)3-8(17)2-6/h1-5,13H,18H2,(H2,19,20,21). The van der Waals surface area contributed by atoms with Gasteiger partial charge in [-0.15, -0.1) is 0 Å². The largest absolute Gasteiger partial charge is 0.323 e. The average Bonchev–Trinajstić information content (AvgIpc) is 2.75. The van der Waals surface area contributed by atoms with Crippen molar-refractivity contribution in [1.29, 1.82) is 0 Å². The number of imidazole rings is 1. The highest BCUT2D eigenvalue weighted by Gasteiger charge is 2.16. The van der Waals surface area contributed by atoms with Gasteiger partial charge in [-0.3, -0.25) is 0 Å². The maximum Gasteiger partial charge on any atom is 0.323 e. The minimum Gasteiger partial charge on any atom is -0.320 e. The van der Waals surface area contributed by atoms with Crippen LogP contribution in [0.4, 0.5) is 8.78 Å². The van der Waals surface area contributed by atoms with Crippen LogP contribution in [-0.4, -0.2) is 9.97 Å². The molecule has 0 aliphatic heterocycles. The minimum absolute atomic E-state index is 0.311. The van der Waals surface area contributed by atoms with Gasteiger partial charge in [0, 0.05) is 10.5 Å². The first kappa shape index (κ1) is 14.0. The molecule has 2 aromatic carbocycles. The molecule has 108 valence electrons. The fraction of sp³-hybridized carbons (Fsp3) is 0.0714. The Kier molecular flexibility index (Phi) is 3.38. The number of hydrogen-bond donors (Lipinski definition) is 3. The smallest absolute Gasteiger partial charge is 0.320 e. The van der Waals surface area contributed by atoms with E-state index in [0.29, 0.717) is 26.6 Å². The first-order chi connectivity index (χ1) is 9.94. The average molecular weight is 354 g/mol. The summed E-state index contributed by atoms with van der Waals surface area (Å²) in [5.74, 6) is -1.37. The van der Waals surface area contributed by atoms with Crippen LogP contribution in [0.15, 0.2) is 39.6 Å². The van der Waals surface area contributed by atoms with Crippen LogP contribution < -0.4 is 11.4 Å². The Bertz CT molecular complexity index is 867. The van der Waals surface area contributed by atoms with Crippen molar-refractivity contribution in [3.05, 3.63) is 68.1 Å². The third-order valence-corrected chi connectivity index (χ3v) is 3.90. The summed E-state index contributed by atoms with van der Waals surface area (Å²) in [5.41, 5.74) is 7.87. The summed E-state index contributed by atoms with van der Waals surface area (Å²) in [7, 11) is 0. The maximum absolute atomic E-state index is 13.3. The van der Waals surface area contributed by atoms with Gasteiger partial charge in [-0.2, -0.15) is 0 Å². The van der Waals surface area contributed by atoms with Crippen molar-refractivity contribution < 1.29 is 8.78 Å². The fourth-order valence-corrected chi connectivity index (χ4v) is 2.84. The first-order valence-electron chi connectivity index (χ1n) is 6.07. The molecule has 1 unspecified atom stereocenters. The molecule has 3 rings (SSSR count). The minimum atomic E-state index is -0.729. The Morgan fingerprint density at radius 1 is 1.00 bits per heavy atom. The van der Waals surface area contributed by atoms with Crippen molar-refractivity contribution in [3.63, 3.8) is 0 Å². The topological polar surface area (TPSA) is 74.7 Å². The molecule has 0 saturated carbocycles. The summed E-state index contributed by atoms with van der Waals surface area (Å²) in [4.78, 5) is 16.5. The molecule has 4 nitrogen and oxygen atoms in total. The van der Waals surface area contributed by atoms with Crippen LogP contribution in [0, 0.1) is 11.6 Å². The van der Waals surface area contributed by atoms with Crippen molar-refractivity contribution in [3.8, 4) is 0 Å². The Morgan fingerprint density at radius 2 is 1.57 bits per heavy atom. The van der Waals surface area contributed by atoms with Gasteiger partial charge in [-0.1, -0.05) is 15.9 Å². The molecule has 3 aromatic rings. The molecule has 0 aliphatic rings. The zero-order valence-corrected chi connectivity index (χ0v) is 12.2. The lowest BCUT2D eigenvalue weighted by molar-refractivity contribution is 0.577. The highest BCUT2D eigenvalue weighted by Crippen LogP contribution is 2.30. The lowest BCUT2D eigenvalue weighted by Gasteiger charge is -2.15. The first-order valence-corrected chi connectivity index (χ1v) is 6.86. The van der Waals surface area contributed by atoms with Crippen LogP contribution in [0.2, 0.25) is 0 Å². The summed E-state index contributed by atoms with van der Waals surface area (Å²) in [6.07, 6.45) is 0. The number of halogens is 3. The van der Waals surface area contributed by atoms with Gasteiger partial charge in [0.2, 0.25) is 0 Å². The number of aromatic amines is 2. The summed E-state index contributed by atoms with van der Waals surface area (Å²) in [6, 6.07) is 5.79. The molecule has 0 bridgehead atoms. The van der Waals surface area contributed by atoms with Crippen LogP contribution in [0.25, 0.3) is 11.0 Å². The fourth-order valence-electron chi connectivity index (χ4n) is 2.25. The van der Waals surface area contributed by atoms with Crippen molar-refractivity contribution >= 4 is 27.0 Å². The zero-order valence-electron chi connectivity index (χ0n) is 10.6. The summed E-state index contributed by atoms with van der Waals surface area (Å²) >= 11 is 3.36. The zero-order chi connectivity index (χ0) is 15.1. The van der Waals surface area contributed by atoms with E-state index in [4.69, 9.17) is 5.73 Å². The number of nitrogens with two attached hydrogens (primary N) is 1. The van der Waals surface area contributed by atoms with Gasteiger partial charge < -0.3 is 15.7 Å². The maximum atomic E-state index is 13.3. The molecule has 0 aliphatic carbocycles. The van der Waals surface area contributed by atoms with Gasteiger partial charge in [0.15, 0.2) is 0 Å². The highest BCUT2D eigenvalue weighted by atomic mass is 79.9. The molecule has 7 heteroatoms. The van der Waals surface area contributed by atoms with E-state index in [1.54, 1.807) is 12.1 Å². The quantitative estimate of drug-likeness (QED) is 0.662. The van der Waals surface area contributed by atoms with E-state index in [2.05, 4.69) is 25.9 Å². The summed E-state index contributed by atoms with van der Waals surface area (Å²) in [6.45, 7) is 0. The molecule has 1 atom stereocenters. The lowest BCUT2D eigenvalue weighted by atomic mass is 9.99. The monoisotopic (exact) mass is 353 g/mol. The second kappa shape index (κ2) is 5.09. The van der Waals surface area contributed by atoms with Crippen molar-refractivity contribution in [1.82, 2.24) is 9.97 Å². The van der Waals surface area contributed by atoms with Crippen molar-refractivity contribution in [2.75, 3.05) is 0 Å². The number of hydrogen-bond acceptors (Lipinski definition) is 2.